The van der Waals surface area contributed by atoms with Gasteiger partial charge in [0.15, 0.2) is 0 Å². The summed E-state index contributed by atoms with van der Waals surface area (Å²) >= 11 is 0. The van der Waals surface area contributed by atoms with Crippen LogP contribution in [0.3, 0.4) is 0 Å². The van der Waals surface area contributed by atoms with Gasteiger partial charge in [-0.2, -0.15) is 0 Å². The molecule has 1 aliphatic heterocycles. The summed E-state index contributed by atoms with van der Waals surface area (Å²) in [5.41, 5.74) is 2.28. The summed E-state index contributed by atoms with van der Waals surface area (Å²) < 4.78 is 0. The molecular weight excluding hydrogens is 300 g/mol. The van der Waals surface area contributed by atoms with Crippen LogP contribution in [0, 0.1) is 5.92 Å². The molecule has 0 radical (unpaired) electrons. The van der Waals surface area contributed by atoms with E-state index in [4.69, 9.17) is 0 Å². The summed E-state index contributed by atoms with van der Waals surface area (Å²) in [5, 5.41) is 2.94. The van der Waals surface area contributed by atoms with Crippen LogP contribution in [0.1, 0.15) is 17.5 Å². The van der Waals surface area contributed by atoms with Crippen molar-refractivity contribution in [1.29, 1.82) is 0 Å². The molecule has 1 fully saturated rings. The maximum absolute atomic E-state index is 12.3. The second-order valence-corrected chi connectivity index (χ2v) is 6.18. The van der Waals surface area contributed by atoms with Crippen molar-refractivity contribution in [2.24, 2.45) is 5.92 Å². The monoisotopic (exact) mass is 322 g/mol. The zero-order chi connectivity index (χ0) is 16.8. The van der Waals surface area contributed by atoms with E-state index in [-0.39, 0.29) is 17.7 Å². The lowest BCUT2D eigenvalue weighted by Crippen LogP contribution is -2.33. The Morgan fingerprint density at radius 3 is 2.29 bits per heavy atom. The number of rotatable bonds is 6. The molecule has 0 saturated carbocycles. The van der Waals surface area contributed by atoms with Gasteiger partial charge in [-0.25, -0.2) is 0 Å². The molecular formula is C20H22N2O2. The predicted molar refractivity (Wildman–Crippen MR) is 93.1 cm³/mol. The van der Waals surface area contributed by atoms with Gasteiger partial charge in [-0.15, -0.1) is 0 Å². The highest BCUT2D eigenvalue weighted by Crippen LogP contribution is 2.18. The van der Waals surface area contributed by atoms with Gasteiger partial charge in [0.2, 0.25) is 11.8 Å². The van der Waals surface area contributed by atoms with E-state index >= 15 is 0 Å². The van der Waals surface area contributed by atoms with E-state index in [1.165, 1.54) is 5.56 Å². The number of benzene rings is 2. The van der Waals surface area contributed by atoms with Crippen LogP contribution in [0.4, 0.5) is 0 Å². The fourth-order valence-corrected chi connectivity index (χ4v) is 3.00. The van der Waals surface area contributed by atoms with Crippen LogP contribution in [0.25, 0.3) is 0 Å². The molecule has 1 atom stereocenters. The standard InChI is InChI=1S/C20H22N2O2/c23-19-13-18(20(24)21-14-17-9-5-2-6-10-17)15-22(19)12-11-16-7-3-1-4-8-16/h1-10,18H,11-15H2,(H,21,24)/t18-/m1/s1. The molecule has 1 aliphatic rings. The molecule has 1 N–H and O–H groups in total. The van der Waals surface area contributed by atoms with Crippen molar-refractivity contribution in [3.05, 3.63) is 71.8 Å². The smallest absolute Gasteiger partial charge is 0.225 e. The Morgan fingerprint density at radius 1 is 1.00 bits per heavy atom. The topological polar surface area (TPSA) is 49.4 Å². The Kier molecular flexibility index (Phi) is 5.26. The van der Waals surface area contributed by atoms with Crippen LogP contribution < -0.4 is 5.32 Å². The maximum Gasteiger partial charge on any atom is 0.225 e. The second kappa shape index (κ2) is 7.77. The van der Waals surface area contributed by atoms with Crippen LogP contribution in [0.5, 0.6) is 0 Å². The van der Waals surface area contributed by atoms with E-state index in [1.807, 2.05) is 48.5 Å². The highest BCUT2D eigenvalue weighted by Gasteiger charge is 2.33. The Morgan fingerprint density at radius 2 is 1.62 bits per heavy atom. The van der Waals surface area contributed by atoms with Crippen molar-refractivity contribution in [3.63, 3.8) is 0 Å². The van der Waals surface area contributed by atoms with Gasteiger partial charge < -0.3 is 10.2 Å². The average Bonchev–Trinajstić information content (AvgIpc) is 3.00. The Bertz CT molecular complexity index is 685. The molecule has 4 nitrogen and oxygen atoms in total. The van der Waals surface area contributed by atoms with Crippen LogP contribution >= 0.6 is 0 Å². The fourth-order valence-electron chi connectivity index (χ4n) is 3.00. The molecule has 1 saturated heterocycles. The number of nitrogens with one attached hydrogen (secondary N) is 1. The lowest BCUT2D eigenvalue weighted by Gasteiger charge is -2.16. The molecule has 0 unspecified atom stereocenters. The van der Waals surface area contributed by atoms with Gasteiger partial charge in [0, 0.05) is 26.1 Å². The quantitative estimate of drug-likeness (QED) is 0.888. The Balaban J connectivity index is 1.48. The van der Waals surface area contributed by atoms with Crippen molar-refractivity contribution >= 4 is 11.8 Å². The van der Waals surface area contributed by atoms with Crippen molar-refractivity contribution < 1.29 is 9.59 Å². The number of likely N-dealkylation sites (tertiary alicyclic amines) is 1. The molecule has 124 valence electrons. The third-order valence-electron chi connectivity index (χ3n) is 4.41. The van der Waals surface area contributed by atoms with Crippen molar-refractivity contribution in [2.45, 2.75) is 19.4 Å². The third-order valence-corrected chi connectivity index (χ3v) is 4.41. The molecule has 2 amide bonds. The summed E-state index contributed by atoms with van der Waals surface area (Å²) in [7, 11) is 0. The highest BCUT2D eigenvalue weighted by atomic mass is 16.2. The molecule has 2 aromatic rings. The van der Waals surface area contributed by atoms with E-state index in [0.717, 1.165) is 12.0 Å². The van der Waals surface area contributed by atoms with E-state index in [2.05, 4.69) is 17.4 Å². The molecule has 0 bridgehead atoms. The molecule has 0 aromatic heterocycles. The van der Waals surface area contributed by atoms with Gasteiger partial charge in [-0.1, -0.05) is 60.7 Å². The minimum Gasteiger partial charge on any atom is -0.352 e. The van der Waals surface area contributed by atoms with Gasteiger partial charge in [-0.05, 0) is 17.5 Å². The number of hydrogen-bond donors (Lipinski definition) is 1. The van der Waals surface area contributed by atoms with Crippen LogP contribution in [0.2, 0.25) is 0 Å². The normalized spacial score (nSPS) is 17.1. The second-order valence-electron chi connectivity index (χ2n) is 6.18. The summed E-state index contributed by atoms with van der Waals surface area (Å²) in [6.07, 6.45) is 1.14. The molecule has 3 rings (SSSR count). The SMILES string of the molecule is O=C(NCc1ccccc1)[C@@H]1CC(=O)N(CCc2ccccc2)C1. The largest absolute Gasteiger partial charge is 0.352 e. The minimum absolute atomic E-state index is 0.0329. The zero-order valence-corrected chi connectivity index (χ0v) is 13.7. The van der Waals surface area contributed by atoms with Crippen LogP contribution in [0.15, 0.2) is 60.7 Å². The van der Waals surface area contributed by atoms with Gasteiger partial charge in [0.1, 0.15) is 0 Å². The van der Waals surface area contributed by atoms with Crippen LogP contribution in [-0.2, 0) is 22.6 Å². The van der Waals surface area contributed by atoms with Crippen molar-refractivity contribution in [1.82, 2.24) is 10.2 Å². The fraction of sp³-hybridized carbons (Fsp3) is 0.300. The van der Waals surface area contributed by atoms with E-state index < -0.39 is 0 Å². The van der Waals surface area contributed by atoms with Gasteiger partial charge in [0.05, 0.1) is 5.92 Å². The minimum atomic E-state index is -0.239. The Labute approximate surface area is 142 Å². The summed E-state index contributed by atoms with van der Waals surface area (Å²) in [6.45, 7) is 1.70. The average molecular weight is 322 g/mol. The Hall–Kier alpha value is -2.62. The van der Waals surface area contributed by atoms with E-state index in [9.17, 15) is 9.59 Å². The lowest BCUT2D eigenvalue weighted by molar-refractivity contribution is -0.129. The summed E-state index contributed by atoms with van der Waals surface area (Å²) in [6, 6.07) is 19.9. The molecule has 1 heterocycles. The summed E-state index contributed by atoms with van der Waals surface area (Å²) in [5.74, 6) is -0.197. The first kappa shape index (κ1) is 16.2. The van der Waals surface area contributed by atoms with E-state index in [1.54, 1.807) is 4.90 Å². The van der Waals surface area contributed by atoms with Crippen LogP contribution in [-0.4, -0.2) is 29.8 Å². The first-order valence-corrected chi connectivity index (χ1v) is 8.36. The van der Waals surface area contributed by atoms with Crippen molar-refractivity contribution in [2.75, 3.05) is 13.1 Å². The number of amides is 2. The van der Waals surface area contributed by atoms with Gasteiger partial charge in [-0.3, -0.25) is 9.59 Å². The zero-order valence-electron chi connectivity index (χ0n) is 13.7. The molecule has 0 aliphatic carbocycles. The number of nitrogens with zero attached hydrogens (tertiary/aromatic N) is 1. The molecule has 0 spiro atoms. The predicted octanol–water partition coefficient (Wildman–Crippen LogP) is 2.39. The molecule has 2 aromatic carbocycles. The highest BCUT2D eigenvalue weighted by molar-refractivity contribution is 5.89. The van der Waals surface area contributed by atoms with Gasteiger partial charge in [0.25, 0.3) is 0 Å². The lowest BCUT2D eigenvalue weighted by atomic mass is 10.1. The number of carbonyl (C=O) groups is 2. The number of hydrogen-bond acceptors (Lipinski definition) is 2. The first-order chi connectivity index (χ1) is 11.7. The van der Waals surface area contributed by atoms with E-state index in [0.29, 0.717) is 26.1 Å². The first-order valence-electron chi connectivity index (χ1n) is 8.36. The van der Waals surface area contributed by atoms with Gasteiger partial charge >= 0.3 is 0 Å². The molecule has 4 heteroatoms. The summed E-state index contributed by atoms with van der Waals surface area (Å²) in [4.78, 5) is 26.2. The van der Waals surface area contributed by atoms with Crippen molar-refractivity contribution in [3.8, 4) is 0 Å². The molecule has 24 heavy (non-hydrogen) atoms. The third kappa shape index (κ3) is 4.22. The maximum atomic E-state index is 12.3. The number of carbonyl (C=O) groups excluding carboxylic acids is 2.